The van der Waals surface area contributed by atoms with Gasteiger partial charge in [0.15, 0.2) is 5.96 Å². The minimum Gasteiger partial charge on any atom is -0.382 e. The van der Waals surface area contributed by atoms with Crippen LogP contribution in [0.5, 0.6) is 0 Å². The van der Waals surface area contributed by atoms with E-state index in [4.69, 9.17) is 4.74 Å². The third-order valence-electron chi connectivity index (χ3n) is 2.82. The number of guanidine groups is 1. The molecular formula is C16H27N3OS. The van der Waals surface area contributed by atoms with E-state index in [0.29, 0.717) is 5.25 Å². The zero-order valence-corrected chi connectivity index (χ0v) is 14.1. The molecule has 0 saturated carbocycles. The number of hydrogen-bond acceptors (Lipinski definition) is 3. The van der Waals surface area contributed by atoms with Crippen molar-refractivity contribution in [3.05, 3.63) is 30.3 Å². The fourth-order valence-electron chi connectivity index (χ4n) is 1.76. The van der Waals surface area contributed by atoms with Gasteiger partial charge in [0.1, 0.15) is 0 Å². The Labute approximate surface area is 132 Å². The van der Waals surface area contributed by atoms with Crippen molar-refractivity contribution in [2.45, 2.75) is 30.4 Å². The standard InChI is InChI=1S/C16H27N3OS/c1-4-20-12-8-11-18-16(17-3)19-13-14(2)21-15-9-6-5-7-10-15/h5-7,9-10,14H,4,8,11-13H2,1-3H3,(H2,17,18,19). The molecule has 118 valence electrons. The van der Waals surface area contributed by atoms with E-state index in [-0.39, 0.29) is 0 Å². The summed E-state index contributed by atoms with van der Waals surface area (Å²) in [7, 11) is 1.80. The molecule has 5 heteroatoms. The van der Waals surface area contributed by atoms with Gasteiger partial charge in [-0.15, -0.1) is 11.8 Å². The van der Waals surface area contributed by atoms with Gasteiger partial charge >= 0.3 is 0 Å². The number of rotatable bonds is 9. The molecule has 1 atom stereocenters. The number of benzene rings is 1. The van der Waals surface area contributed by atoms with Crippen LogP contribution in [0.25, 0.3) is 0 Å². The first-order valence-corrected chi connectivity index (χ1v) is 8.38. The van der Waals surface area contributed by atoms with Crippen LogP contribution >= 0.6 is 11.8 Å². The molecule has 0 radical (unpaired) electrons. The number of thioether (sulfide) groups is 1. The summed E-state index contributed by atoms with van der Waals surface area (Å²) in [5, 5.41) is 7.14. The normalized spacial score (nSPS) is 13.0. The van der Waals surface area contributed by atoms with Gasteiger partial charge in [0, 0.05) is 43.5 Å². The molecule has 0 bridgehead atoms. The van der Waals surface area contributed by atoms with E-state index < -0.39 is 0 Å². The molecule has 2 N–H and O–H groups in total. The van der Waals surface area contributed by atoms with E-state index in [1.165, 1.54) is 4.90 Å². The highest BCUT2D eigenvalue weighted by Crippen LogP contribution is 2.21. The first kappa shape index (κ1) is 17.9. The number of ether oxygens (including phenoxy) is 1. The molecule has 0 amide bonds. The minimum absolute atomic E-state index is 0.481. The van der Waals surface area contributed by atoms with Gasteiger partial charge in [-0.3, -0.25) is 4.99 Å². The van der Waals surface area contributed by atoms with Crippen LogP contribution < -0.4 is 10.6 Å². The lowest BCUT2D eigenvalue weighted by Crippen LogP contribution is -2.40. The Morgan fingerprint density at radius 2 is 2.05 bits per heavy atom. The number of hydrogen-bond donors (Lipinski definition) is 2. The molecule has 0 aromatic heterocycles. The van der Waals surface area contributed by atoms with Gasteiger partial charge in [-0.25, -0.2) is 0 Å². The van der Waals surface area contributed by atoms with Crippen LogP contribution in [0.2, 0.25) is 0 Å². The molecular weight excluding hydrogens is 282 g/mol. The van der Waals surface area contributed by atoms with E-state index in [0.717, 1.165) is 38.7 Å². The summed E-state index contributed by atoms with van der Waals surface area (Å²) in [4.78, 5) is 5.53. The average Bonchev–Trinajstić information content (AvgIpc) is 2.51. The predicted molar refractivity (Wildman–Crippen MR) is 92.2 cm³/mol. The van der Waals surface area contributed by atoms with Crippen molar-refractivity contribution in [3.63, 3.8) is 0 Å². The molecule has 0 heterocycles. The summed E-state index contributed by atoms with van der Waals surface area (Å²) in [6.07, 6.45) is 0.989. The number of aliphatic imine (C=N–C) groups is 1. The summed E-state index contributed by atoms with van der Waals surface area (Å²) in [5.74, 6) is 0.854. The maximum absolute atomic E-state index is 5.31. The van der Waals surface area contributed by atoms with Crippen molar-refractivity contribution in [3.8, 4) is 0 Å². The molecule has 1 rings (SSSR count). The largest absolute Gasteiger partial charge is 0.382 e. The first-order valence-electron chi connectivity index (χ1n) is 7.50. The van der Waals surface area contributed by atoms with Crippen molar-refractivity contribution >= 4 is 17.7 Å². The fraction of sp³-hybridized carbons (Fsp3) is 0.562. The molecule has 1 aromatic carbocycles. The summed E-state index contributed by atoms with van der Waals surface area (Å²) < 4.78 is 5.31. The third-order valence-corrected chi connectivity index (χ3v) is 3.94. The Balaban J connectivity index is 2.19. The maximum Gasteiger partial charge on any atom is 0.191 e. The lowest BCUT2D eigenvalue weighted by atomic mass is 10.4. The molecule has 1 aromatic rings. The molecule has 0 fully saturated rings. The fourth-order valence-corrected chi connectivity index (χ4v) is 2.70. The zero-order chi connectivity index (χ0) is 15.3. The summed E-state index contributed by atoms with van der Waals surface area (Å²) in [6.45, 7) is 7.55. The molecule has 0 aliphatic carbocycles. The van der Waals surface area contributed by atoms with Crippen molar-refractivity contribution < 1.29 is 4.74 Å². The van der Waals surface area contributed by atoms with Gasteiger partial charge in [-0.1, -0.05) is 25.1 Å². The van der Waals surface area contributed by atoms with Crippen LogP contribution in [-0.4, -0.2) is 44.6 Å². The highest BCUT2D eigenvalue weighted by molar-refractivity contribution is 8.00. The summed E-state index contributed by atoms with van der Waals surface area (Å²) in [6, 6.07) is 10.5. The number of nitrogens with one attached hydrogen (secondary N) is 2. The van der Waals surface area contributed by atoms with Crippen LogP contribution in [-0.2, 0) is 4.74 Å². The quantitative estimate of drug-likeness (QED) is 0.319. The van der Waals surface area contributed by atoms with Gasteiger partial charge in [0.25, 0.3) is 0 Å². The zero-order valence-electron chi connectivity index (χ0n) is 13.3. The van der Waals surface area contributed by atoms with Crippen molar-refractivity contribution in [1.82, 2.24) is 10.6 Å². The van der Waals surface area contributed by atoms with Gasteiger partial charge in [-0.05, 0) is 25.5 Å². The second-order valence-corrected chi connectivity index (χ2v) is 6.18. The highest BCUT2D eigenvalue weighted by atomic mass is 32.2. The Bertz CT molecular complexity index is 398. The van der Waals surface area contributed by atoms with Crippen LogP contribution in [0.3, 0.4) is 0 Å². The summed E-state index contributed by atoms with van der Waals surface area (Å²) >= 11 is 1.87. The topological polar surface area (TPSA) is 45.6 Å². The SMILES string of the molecule is CCOCCCNC(=NC)NCC(C)Sc1ccccc1. The van der Waals surface area contributed by atoms with Gasteiger partial charge in [0.2, 0.25) is 0 Å². The monoisotopic (exact) mass is 309 g/mol. The highest BCUT2D eigenvalue weighted by Gasteiger charge is 2.05. The van der Waals surface area contributed by atoms with Gasteiger partial charge < -0.3 is 15.4 Å². The number of nitrogens with zero attached hydrogens (tertiary/aromatic N) is 1. The molecule has 4 nitrogen and oxygen atoms in total. The van der Waals surface area contributed by atoms with E-state index in [1.807, 2.05) is 24.8 Å². The molecule has 21 heavy (non-hydrogen) atoms. The second-order valence-electron chi connectivity index (χ2n) is 4.67. The maximum atomic E-state index is 5.31. The van der Waals surface area contributed by atoms with Gasteiger partial charge in [0.05, 0.1) is 0 Å². The first-order chi connectivity index (χ1) is 10.3. The van der Waals surface area contributed by atoms with Crippen LogP contribution in [0, 0.1) is 0 Å². The Hall–Kier alpha value is -1.20. The average molecular weight is 309 g/mol. The Morgan fingerprint density at radius 1 is 1.29 bits per heavy atom. The molecule has 1 unspecified atom stereocenters. The Morgan fingerprint density at radius 3 is 2.71 bits per heavy atom. The van der Waals surface area contributed by atoms with Crippen molar-refractivity contribution in [1.29, 1.82) is 0 Å². The van der Waals surface area contributed by atoms with Gasteiger partial charge in [-0.2, -0.15) is 0 Å². The lowest BCUT2D eigenvalue weighted by Gasteiger charge is -2.15. The minimum atomic E-state index is 0.481. The molecule has 0 aliphatic heterocycles. The Kier molecular flexibility index (Phi) is 9.74. The van der Waals surface area contributed by atoms with E-state index in [9.17, 15) is 0 Å². The molecule has 0 saturated heterocycles. The predicted octanol–water partition coefficient (Wildman–Crippen LogP) is 2.76. The molecule has 0 aliphatic rings. The molecule has 0 spiro atoms. The van der Waals surface area contributed by atoms with E-state index in [1.54, 1.807) is 7.05 Å². The van der Waals surface area contributed by atoms with E-state index in [2.05, 4.69) is 46.8 Å². The lowest BCUT2D eigenvalue weighted by molar-refractivity contribution is 0.145. The van der Waals surface area contributed by atoms with Crippen LogP contribution in [0.1, 0.15) is 20.3 Å². The summed E-state index contributed by atoms with van der Waals surface area (Å²) in [5.41, 5.74) is 0. The van der Waals surface area contributed by atoms with Crippen molar-refractivity contribution in [2.24, 2.45) is 4.99 Å². The smallest absolute Gasteiger partial charge is 0.191 e. The van der Waals surface area contributed by atoms with Crippen LogP contribution in [0.4, 0.5) is 0 Å². The van der Waals surface area contributed by atoms with Crippen LogP contribution in [0.15, 0.2) is 40.2 Å². The third kappa shape index (κ3) is 8.63. The van der Waals surface area contributed by atoms with Crippen molar-refractivity contribution in [2.75, 3.05) is 33.4 Å². The second kappa shape index (κ2) is 11.5. The van der Waals surface area contributed by atoms with E-state index >= 15 is 0 Å².